The summed E-state index contributed by atoms with van der Waals surface area (Å²) in [4.78, 5) is 19.1. The second kappa shape index (κ2) is 8.45. The number of benzene rings is 1. The van der Waals surface area contributed by atoms with Crippen LogP contribution < -0.4 is 10.6 Å². The van der Waals surface area contributed by atoms with Gasteiger partial charge in [-0.2, -0.15) is 0 Å². The van der Waals surface area contributed by atoms with Crippen LogP contribution in [-0.2, 0) is 11.8 Å². The molecule has 0 unspecified atom stereocenters. The van der Waals surface area contributed by atoms with Gasteiger partial charge in [0.15, 0.2) is 5.11 Å². The Kier molecular flexibility index (Phi) is 5.57. The molecule has 1 aliphatic rings. The number of carbonyl (C=O) groups is 1. The fourth-order valence-electron chi connectivity index (χ4n) is 3.68. The summed E-state index contributed by atoms with van der Waals surface area (Å²) < 4.78 is 2.02. The molecule has 1 fully saturated rings. The van der Waals surface area contributed by atoms with Crippen molar-refractivity contribution >= 4 is 28.9 Å². The van der Waals surface area contributed by atoms with Crippen LogP contribution in [0.15, 0.2) is 73.2 Å². The summed E-state index contributed by atoms with van der Waals surface area (Å²) in [6.07, 6.45) is 6.24. The molecular formula is C22H23N5OS. The van der Waals surface area contributed by atoms with Crippen molar-refractivity contribution in [2.45, 2.75) is 18.5 Å². The number of nitrogens with one attached hydrogen (secondary N) is 2. The molecule has 0 aliphatic carbocycles. The summed E-state index contributed by atoms with van der Waals surface area (Å²) in [5.74, 6) is -0.0351. The first-order chi connectivity index (χ1) is 14.1. The molecule has 29 heavy (non-hydrogen) atoms. The Balaban J connectivity index is 1.52. The number of nitrogens with zero attached hydrogens (tertiary/aromatic N) is 3. The topological polar surface area (TPSA) is 62.2 Å². The van der Waals surface area contributed by atoms with E-state index in [2.05, 4.69) is 32.8 Å². The van der Waals surface area contributed by atoms with E-state index in [-0.39, 0.29) is 18.0 Å². The smallest absolute Gasteiger partial charge is 0.226 e. The van der Waals surface area contributed by atoms with Gasteiger partial charge in [0.1, 0.15) is 0 Å². The number of carbonyl (C=O) groups excluding carboxylic acids is 1. The Morgan fingerprint density at radius 3 is 2.66 bits per heavy atom. The van der Waals surface area contributed by atoms with Crippen LogP contribution in [0.5, 0.6) is 0 Å². The maximum atomic E-state index is 12.5. The highest BCUT2D eigenvalue weighted by molar-refractivity contribution is 7.80. The van der Waals surface area contributed by atoms with E-state index in [9.17, 15) is 4.79 Å². The van der Waals surface area contributed by atoms with E-state index < -0.39 is 0 Å². The molecule has 1 saturated heterocycles. The molecular weight excluding hydrogens is 382 g/mol. The maximum absolute atomic E-state index is 12.5. The molecule has 4 rings (SSSR count). The third kappa shape index (κ3) is 4.30. The van der Waals surface area contributed by atoms with Crippen LogP contribution in [0.1, 0.15) is 29.8 Å². The summed E-state index contributed by atoms with van der Waals surface area (Å²) in [7, 11) is 2.00. The minimum atomic E-state index is -0.0664. The highest BCUT2D eigenvalue weighted by Crippen LogP contribution is 2.38. The lowest BCUT2D eigenvalue weighted by atomic mass is 9.99. The van der Waals surface area contributed by atoms with Gasteiger partial charge in [-0.3, -0.25) is 9.78 Å². The highest BCUT2D eigenvalue weighted by Gasteiger charge is 2.39. The summed E-state index contributed by atoms with van der Waals surface area (Å²) in [5.41, 5.74) is 2.87. The van der Waals surface area contributed by atoms with E-state index in [1.165, 1.54) is 0 Å². The van der Waals surface area contributed by atoms with E-state index in [0.717, 1.165) is 16.9 Å². The SMILES string of the molecule is Cn1ccc([C@H]2[C@@H](c3ccccn3)NC(=S)N2CCC(=O)Nc2ccccc2)c1. The van der Waals surface area contributed by atoms with Gasteiger partial charge in [0, 0.05) is 44.3 Å². The second-order valence-electron chi connectivity index (χ2n) is 7.09. The summed E-state index contributed by atoms with van der Waals surface area (Å²) in [6.45, 7) is 0.521. The quantitative estimate of drug-likeness (QED) is 0.616. The first-order valence-corrected chi connectivity index (χ1v) is 9.97. The van der Waals surface area contributed by atoms with Crippen molar-refractivity contribution in [3.05, 3.63) is 84.4 Å². The van der Waals surface area contributed by atoms with Gasteiger partial charge in [-0.05, 0) is 48.1 Å². The number of aryl methyl sites for hydroxylation is 1. The predicted molar refractivity (Wildman–Crippen MR) is 117 cm³/mol. The van der Waals surface area contributed by atoms with E-state index in [1.807, 2.05) is 66.3 Å². The van der Waals surface area contributed by atoms with Crippen molar-refractivity contribution in [2.24, 2.45) is 7.05 Å². The molecule has 2 aromatic heterocycles. The van der Waals surface area contributed by atoms with Crippen molar-refractivity contribution in [1.29, 1.82) is 0 Å². The number of hydrogen-bond acceptors (Lipinski definition) is 3. The van der Waals surface area contributed by atoms with E-state index in [1.54, 1.807) is 6.20 Å². The third-order valence-electron chi connectivity index (χ3n) is 5.03. The Labute approximate surface area is 175 Å². The van der Waals surface area contributed by atoms with Crippen LogP contribution in [0.25, 0.3) is 0 Å². The van der Waals surface area contributed by atoms with Crippen molar-refractivity contribution in [3.8, 4) is 0 Å². The van der Waals surface area contributed by atoms with Crippen molar-refractivity contribution < 1.29 is 4.79 Å². The zero-order valence-electron chi connectivity index (χ0n) is 16.2. The van der Waals surface area contributed by atoms with Gasteiger partial charge < -0.3 is 20.1 Å². The molecule has 2 atom stereocenters. The van der Waals surface area contributed by atoms with E-state index in [0.29, 0.717) is 18.1 Å². The second-order valence-corrected chi connectivity index (χ2v) is 7.48. The zero-order chi connectivity index (χ0) is 20.2. The lowest BCUT2D eigenvalue weighted by molar-refractivity contribution is -0.116. The minimum Gasteiger partial charge on any atom is -0.357 e. The normalized spacial score (nSPS) is 18.5. The van der Waals surface area contributed by atoms with E-state index >= 15 is 0 Å². The summed E-state index contributed by atoms with van der Waals surface area (Å²) >= 11 is 5.63. The monoisotopic (exact) mass is 405 g/mol. The standard InChI is InChI=1S/C22H23N5OS/c1-26-13-10-16(15-26)21-20(18-9-5-6-12-23-18)25-22(29)27(21)14-11-19(28)24-17-7-3-2-4-8-17/h2-10,12-13,15,20-21H,11,14H2,1H3,(H,24,28)(H,25,29)/t20-,21+/m1/s1. The Morgan fingerprint density at radius 2 is 1.97 bits per heavy atom. The molecule has 0 radical (unpaired) electrons. The molecule has 2 N–H and O–H groups in total. The van der Waals surface area contributed by atoms with Crippen LogP contribution in [0.3, 0.4) is 0 Å². The number of hydrogen-bond donors (Lipinski definition) is 2. The fourth-order valence-corrected chi connectivity index (χ4v) is 4.01. The highest BCUT2D eigenvalue weighted by atomic mass is 32.1. The van der Waals surface area contributed by atoms with Gasteiger partial charge in [-0.25, -0.2) is 0 Å². The Hall–Kier alpha value is -3.19. The average Bonchev–Trinajstić information content (AvgIpc) is 3.30. The molecule has 1 amide bonds. The average molecular weight is 406 g/mol. The number of thiocarbonyl (C=S) groups is 1. The summed E-state index contributed by atoms with van der Waals surface area (Å²) in [5, 5.41) is 6.98. The predicted octanol–water partition coefficient (Wildman–Crippen LogP) is 3.42. The van der Waals surface area contributed by atoms with Crippen molar-refractivity contribution in [1.82, 2.24) is 19.8 Å². The van der Waals surface area contributed by atoms with Crippen LogP contribution in [0.2, 0.25) is 0 Å². The number of anilines is 1. The number of aromatic nitrogens is 2. The fraction of sp³-hybridized carbons (Fsp3) is 0.227. The van der Waals surface area contributed by atoms with Gasteiger partial charge in [0.2, 0.25) is 5.91 Å². The number of para-hydroxylation sites is 1. The van der Waals surface area contributed by atoms with Gasteiger partial charge in [0.05, 0.1) is 17.8 Å². The Bertz CT molecular complexity index is 989. The first kappa shape index (κ1) is 19.1. The minimum absolute atomic E-state index is 0.0249. The van der Waals surface area contributed by atoms with Gasteiger partial charge in [-0.15, -0.1) is 0 Å². The largest absolute Gasteiger partial charge is 0.357 e. The molecule has 148 valence electrons. The first-order valence-electron chi connectivity index (χ1n) is 9.56. The molecule has 0 spiro atoms. The van der Waals surface area contributed by atoms with Crippen LogP contribution in [-0.4, -0.2) is 32.0 Å². The van der Waals surface area contributed by atoms with Crippen LogP contribution in [0.4, 0.5) is 5.69 Å². The molecule has 1 aromatic carbocycles. The number of amides is 1. The lowest BCUT2D eigenvalue weighted by Crippen LogP contribution is -2.32. The summed E-state index contributed by atoms with van der Waals surface area (Å²) in [6, 6.07) is 17.4. The van der Waals surface area contributed by atoms with Crippen molar-refractivity contribution in [3.63, 3.8) is 0 Å². The number of rotatable bonds is 6. The third-order valence-corrected chi connectivity index (χ3v) is 5.38. The molecule has 0 saturated carbocycles. The van der Waals surface area contributed by atoms with E-state index in [4.69, 9.17) is 12.2 Å². The van der Waals surface area contributed by atoms with Crippen LogP contribution in [0, 0.1) is 0 Å². The maximum Gasteiger partial charge on any atom is 0.226 e. The molecule has 3 aromatic rings. The molecule has 0 bridgehead atoms. The van der Waals surface area contributed by atoms with Gasteiger partial charge >= 0.3 is 0 Å². The van der Waals surface area contributed by atoms with Crippen LogP contribution >= 0.6 is 12.2 Å². The molecule has 6 nitrogen and oxygen atoms in total. The zero-order valence-corrected chi connectivity index (χ0v) is 17.0. The van der Waals surface area contributed by atoms with Gasteiger partial charge in [0.25, 0.3) is 0 Å². The molecule has 1 aliphatic heterocycles. The van der Waals surface area contributed by atoms with Gasteiger partial charge in [-0.1, -0.05) is 24.3 Å². The van der Waals surface area contributed by atoms with Crippen molar-refractivity contribution in [2.75, 3.05) is 11.9 Å². The molecule has 3 heterocycles. The number of pyridine rings is 1. The molecule has 7 heteroatoms. The Morgan fingerprint density at radius 1 is 1.17 bits per heavy atom. The lowest BCUT2D eigenvalue weighted by Gasteiger charge is -2.27.